The van der Waals surface area contributed by atoms with Gasteiger partial charge in [-0.2, -0.15) is 0 Å². The maximum absolute atomic E-state index is 12.6. The number of carbonyl (C=O) groups excluding carboxylic acids is 1. The summed E-state index contributed by atoms with van der Waals surface area (Å²) in [6, 6.07) is 12.7. The minimum absolute atomic E-state index is 0.153. The van der Waals surface area contributed by atoms with E-state index >= 15 is 0 Å². The van der Waals surface area contributed by atoms with Crippen LogP contribution in [0.3, 0.4) is 0 Å². The zero-order chi connectivity index (χ0) is 20.0. The van der Waals surface area contributed by atoms with Crippen molar-refractivity contribution in [3.8, 4) is 0 Å². The van der Waals surface area contributed by atoms with Crippen LogP contribution in [0.1, 0.15) is 40.9 Å². The van der Waals surface area contributed by atoms with E-state index in [2.05, 4.69) is 30.1 Å². The summed E-state index contributed by atoms with van der Waals surface area (Å²) >= 11 is 0. The van der Waals surface area contributed by atoms with Crippen LogP contribution in [0.15, 0.2) is 47.4 Å². The third-order valence-electron chi connectivity index (χ3n) is 4.73. The summed E-state index contributed by atoms with van der Waals surface area (Å²) in [5.74, 6) is -0.268. The summed E-state index contributed by atoms with van der Waals surface area (Å²) in [5, 5.41) is 2.93. The van der Waals surface area contributed by atoms with Crippen molar-refractivity contribution in [3.63, 3.8) is 0 Å². The molecule has 2 aromatic rings. The zero-order valence-electron chi connectivity index (χ0n) is 16.5. The lowest BCUT2D eigenvalue weighted by atomic mass is 10.1. The highest BCUT2D eigenvalue weighted by Crippen LogP contribution is 2.17. The number of hydrogen-bond donors (Lipinski definition) is 1. The predicted octanol–water partition coefficient (Wildman–Crippen LogP) is 3.17. The number of benzene rings is 2. The maximum Gasteiger partial charge on any atom is 0.251 e. The molecule has 0 unspecified atom stereocenters. The van der Waals surface area contributed by atoms with Gasteiger partial charge in [-0.3, -0.25) is 9.69 Å². The van der Waals surface area contributed by atoms with Gasteiger partial charge in [0.15, 0.2) is 9.84 Å². The lowest BCUT2D eigenvalue weighted by molar-refractivity contribution is 0.0950. The second-order valence-electron chi connectivity index (χ2n) is 6.66. The lowest BCUT2D eigenvalue weighted by Crippen LogP contribution is -2.26. The molecule has 1 N–H and O–H groups in total. The molecule has 6 heteroatoms. The molecule has 0 saturated carbocycles. The van der Waals surface area contributed by atoms with Crippen molar-refractivity contribution in [1.29, 1.82) is 0 Å². The van der Waals surface area contributed by atoms with Crippen molar-refractivity contribution in [1.82, 2.24) is 10.2 Å². The van der Waals surface area contributed by atoms with Crippen LogP contribution >= 0.6 is 0 Å². The molecule has 0 radical (unpaired) electrons. The molecule has 2 aromatic carbocycles. The van der Waals surface area contributed by atoms with Crippen LogP contribution in [0.2, 0.25) is 0 Å². The fourth-order valence-electron chi connectivity index (χ4n) is 2.92. The third-order valence-corrected chi connectivity index (χ3v) is 5.84. The molecule has 0 aliphatic heterocycles. The first-order valence-corrected chi connectivity index (χ1v) is 11.0. The van der Waals surface area contributed by atoms with E-state index < -0.39 is 9.84 Å². The van der Waals surface area contributed by atoms with E-state index in [-0.39, 0.29) is 10.8 Å². The Hall–Kier alpha value is -2.18. The number of rotatable bonds is 8. The van der Waals surface area contributed by atoms with Gasteiger partial charge < -0.3 is 5.32 Å². The average molecular weight is 389 g/mol. The Morgan fingerprint density at radius 2 is 1.67 bits per heavy atom. The van der Waals surface area contributed by atoms with Gasteiger partial charge in [-0.05, 0) is 48.8 Å². The first-order chi connectivity index (χ1) is 12.8. The molecule has 0 aromatic heterocycles. The maximum atomic E-state index is 12.6. The molecule has 0 heterocycles. The third kappa shape index (κ3) is 5.65. The smallest absolute Gasteiger partial charge is 0.251 e. The number of aryl methyl sites for hydroxylation is 1. The Bertz CT molecular complexity index is 903. The Balaban J connectivity index is 2.17. The molecular weight excluding hydrogens is 360 g/mol. The first kappa shape index (κ1) is 21.1. The fourth-order valence-corrected chi connectivity index (χ4v) is 3.57. The molecular formula is C21H28N2O3S. The van der Waals surface area contributed by atoms with Gasteiger partial charge in [0.05, 0.1) is 4.90 Å². The van der Waals surface area contributed by atoms with Crippen molar-refractivity contribution in [2.75, 3.05) is 19.3 Å². The highest BCUT2D eigenvalue weighted by molar-refractivity contribution is 7.90. The number of nitrogens with one attached hydrogen (secondary N) is 1. The van der Waals surface area contributed by atoms with E-state index in [9.17, 15) is 13.2 Å². The number of carbonyl (C=O) groups is 1. The molecule has 2 rings (SSSR count). The molecule has 0 bridgehead atoms. The SMILES string of the molecule is CCN(CC)Cc1ccccc1CNC(=O)c1cc(S(C)(=O)=O)ccc1C. The molecule has 0 aliphatic rings. The van der Waals surface area contributed by atoms with Crippen LogP contribution in [0, 0.1) is 6.92 Å². The molecule has 146 valence electrons. The molecule has 0 fully saturated rings. The van der Waals surface area contributed by atoms with E-state index in [0.29, 0.717) is 12.1 Å². The number of nitrogens with zero attached hydrogens (tertiary/aromatic N) is 1. The molecule has 1 amide bonds. The van der Waals surface area contributed by atoms with E-state index in [0.717, 1.165) is 37.0 Å². The number of amides is 1. The van der Waals surface area contributed by atoms with Crippen LogP contribution in [-0.4, -0.2) is 38.6 Å². The highest BCUT2D eigenvalue weighted by atomic mass is 32.2. The van der Waals surface area contributed by atoms with E-state index in [1.54, 1.807) is 13.0 Å². The van der Waals surface area contributed by atoms with Crippen LogP contribution in [-0.2, 0) is 22.9 Å². The highest BCUT2D eigenvalue weighted by Gasteiger charge is 2.15. The molecule has 0 aliphatic carbocycles. The van der Waals surface area contributed by atoms with Crippen molar-refractivity contribution < 1.29 is 13.2 Å². The van der Waals surface area contributed by atoms with Crippen molar-refractivity contribution in [2.45, 2.75) is 38.8 Å². The number of hydrogen-bond acceptors (Lipinski definition) is 4. The minimum Gasteiger partial charge on any atom is -0.348 e. The Labute approximate surface area is 162 Å². The molecule has 5 nitrogen and oxygen atoms in total. The Morgan fingerprint density at radius 3 is 2.26 bits per heavy atom. The van der Waals surface area contributed by atoms with Crippen LogP contribution in [0.25, 0.3) is 0 Å². The molecule has 0 saturated heterocycles. The summed E-state index contributed by atoms with van der Waals surface area (Å²) in [4.78, 5) is 15.1. The lowest BCUT2D eigenvalue weighted by Gasteiger charge is -2.20. The van der Waals surface area contributed by atoms with Crippen molar-refractivity contribution in [3.05, 3.63) is 64.7 Å². The summed E-state index contributed by atoms with van der Waals surface area (Å²) in [7, 11) is -3.35. The predicted molar refractivity (Wildman–Crippen MR) is 109 cm³/mol. The standard InChI is InChI=1S/C21H28N2O3S/c1-5-23(6-2)15-18-10-8-7-9-17(18)14-22-21(24)20-13-19(27(4,25)26)12-11-16(20)3/h7-13H,5-6,14-15H2,1-4H3,(H,22,24). The minimum atomic E-state index is -3.35. The van der Waals surface area contributed by atoms with Gasteiger partial charge in [0, 0.05) is 24.9 Å². The van der Waals surface area contributed by atoms with E-state index in [1.807, 2.05) is 18.2 Å². The summed E-state index contributed by atoms with van der Waals surface area (Å²) in [6.45, 7) is 9.23. The molecule has 27 heavy (non-hydrogen) atoms. The van der Waals surface area contributed by atoms with Gasteiger partial charge in [0.2, 0.25) is 0 Å². The normalized spacial score (nSPS) is 11.6. The van der Waals surface area contributed by atoms with Crippen molar-refractivity contribution in [2.24, 2.45) is 0 Å². The topological polar surface area (TPSA) is 66.5 Å². The van der Waals surface area contributed by atoms with Crippen LogP contribution in [0.4, 0.5) is 0 Å². The Morgan fingerprint density at radius 1 is 1.04 bits per heavy atom. The molecule has 0 spiro atoms. The van der Waals surface area contributed by atoms with Gasteiger partial charge in [0.1, 0.15) is 0 Å². The van der Waals surface area contributed by atoms with Crippen LogP contribution < -0.4 is 5.32 Å². The van der Waals surface area contributed by atoms with E-state index in [4.69, 9.17) is 0 Å². The van der Waals surface area contributed by atoms with Gasteiger partial charge >= 0.3 is 0 Å². The molecule has 0 atom stereocenters. The second-order valence-corrected chi connectivity index (χ2v) is 8.68. The fraction of sp³-hybridized carbons (Fsp3) is 0.381. The van der Waals surface area contributed by atoms with E-state index in [1.165, 1.54) is 17.7 Å². The monoisotopic (exact) mass is 388 g/mol. The summed E-state index contributed by atoms with van der Waals surface area (Å²) < 4.78 is 23.5. The summed E-state index contributed by atoms with van der Waals surface area (Å²) in [6.07, 6.45) is 1.14. The second kappa shape index (κ2) is 9.15. The quantitative estimate of drug-likeness (QED) is 0.754. The van der Waals surface area contributed by atoms with Gasteiger partial charge in [-0.1, -0.05) is 44.2 Å². The van der Waals surface area contributed by atoms with Gasteiger partial charge in [-0.15, -0.1) is 0 Å². The van der Waals surface area contributed by atoms with Crippen LogP contribution in [0.5, 0.6) is 0 Å². The van der Waals surface area contributed by atoms with Crippen molar-refractivity contribution >= 4 is 15.7 Å². The Kier molecular flexibility index (Phi) is 7.16. The zero-order valence-corrected chi connectivity index (χ0v) is 17.3. The van der Waals surface area contributed by atoms with Gasteiger partial charge in [0.25, 0.3) is 5.91 Å². The summed E-state index contributed by atoms with van der Waals surface area (Å²) in [5.41, 5.74) is 3.38. The average Bonchev–Trinajstić information content (AvgIpc) is 2.64. The largest absolute Gasteiger partial charge is 0.348 e. The van der Waals surface area contributed by atoms with Gasteiger partial charge in [-0.25, -0.2) is 8.42 Å². The first-order valence-electron chi connectivity index (χ1n) is 9.14. The number of sulfone groups is 1.